The molecular formula is C11H22N4. The molecule has 1 rings (SSSR count). The number of nitrogens with one attached hydrogen (secondary N) is 1. The van der Waals surface area contributed by atoms with Gasteiger partial charge in [-0.15, -0.1) is 0 Å². The van der Waals surface area contributed by atoms with E-state index in [0.29, 0.717) is 5.92 Å². The number of rotatable bonds is 6. The topological polar surface area (TPSA) is 42.7 Å². The van der Waals surface area contributed by atoms with Crippen LogP contribution in [0.3, 0.4) is 0 Å². The molecule has 0 fully saturated rings. The van der Waals surface area contributed by atoms with E-state index in [4.69, 9.17) is 0 Å². The van der Waals surface area contributed by atoms with Crippen LogP contribution in [0.25, 0.3) is 0 Å². The lowest BCUT2D eigenvalue weighted by Crippen LogP contribution is -2.25. The molecule has 15 heavy (non-hydrogen) atoms. The van der Waals surface area contributed by atoms with E-state index in [0.717, 1.165) is 31.4 Å². The van der Waals surface area contributed by atoms with Crippen molar-refractivity contribution in [1.29, 1.82) is 0 Å². The molecule has 4 nitrogen and oxygen atoms in total. The normalized spacial score (nSPS) is 13.4. The quantitative estimate of drug-likeness (QED) is 0.777. The number of hydrogen-bond acceptors (Lipinski definition) is 3. The molecule has 0 amide bonds. The van der Waals surface area contributed by atoms with Gasteiger partial charge in [-0.3, -0.25) is 0 Å². The standard InChI is InChI=1S/C11H22N4/c1-5-15-11(13-8-14-15)7-12-6-10(4)9(2)3/h8-10,12H,5-7H2,1-4H3. The average Bonchev–Trinajstić information content (AvgIpc) is 2.65. The van der Waals surface area contributed by atoms with E-state index in [1.807, 2.05) is 4.68 Å². The maximum atomic E-state index is 4.22. The van der Waals surface area contributed by atoms with Gasteiger partial charge in [0.05, 0.1) is 6.54 Å². The van der Waals surface area contributed by atoms with Gasteiger partial charge in [0.2, 0.25) is 0 Å². The lowest BCUT2D eigenvalue weighted by molar-refractivity contribution is 0.388. The highest BCUT2D eigenvalue weighted by molar-refractivity contribution is 4.83. The molecule has 0 saturated heterocycles. The van der Waals surface area contributed by atoms with Crippen LogP contribution in [-0.2, 0) is 13.1 Å². The molecule has 0 aliphatic rings. The maximum Gasteiger partial charge on any atom is 0.140 e. The van der Waals surface area contributed by atoms with Crippen LogP contribution in [0.4, 0.5) is 0 Å². The van der Waals surface area contributed by atoms with Crippen LogP contribution in [0, 0.1) is 11.8 Å². The first kappa shape index (κ1) is 12.2. The molecule has 0 aliphatic carbocycles. The zero-order chi connectivity index (χ0) is 11.3. The second-order valence-corrected chi connectivity index (χ2v) is 4.34. The summed E-state index contributed by atoms with van der Waals surface area (Å²) >= 11 is 0. The van der Waals surface area contributed by atoms with Crippen LogP contribution in [-0.4, -0.2) is 21.3 Å². The highest BCUT2D eigenvalue weighted by Crippen LogP contribution is 2.07. The predicted molar refractivity (Wildman–Crippen MR) is 61.4 cm³/mol. The molecule has 0 aliphatic heterocycles. The summed E-state index contributed by atoms with van der Waals surface area (Å²) in [5, 5.41) is 7.55. The van der Waals surface area contributed by atoms with E-state index in [9.17, 15) is 0 Å². The summed E-state index contributed by atoms with van der Waals surface area (Å²) in [6.45, 7) is 11.6. The molecule has 1 aromatic heterocycles. The third-order valence-electron chi connectivity index (χ3n) is 2.88. The molecular weight excluding hydrogens is 188 g/mol. The van der Waals surface area contributed by atoms with Gasteiger partial charge in [-0.25, -0.2) is 9.67 Å². The highest BCUT2D eigenvalue weighted by Gasteiger charge is 2.07. The smallest absolute Gasteiger partial charge is 0.140 e. The van der Waals surface area contributed by atoms with Crippen LogP contribution in [0.1, 0.15) is 33.5 Å². The molecule has 1 aromatic rings. The summed E-state index contributed by atoms with van der Waals surface area (Å²) in [5.41, 5.74) is 0. The number of aromatic nitrogens is 3. The fourth-order valence-electron chi connectivity index (χ4n) is 1.34. The van der Waals surface area contributed by atoms with Crippen molar-refractivity contribution >= 4 is 0 Å². The van der Waals surface area contributed by atoms with Crippen molar-refractivity contribution in [3.8, 4) is 0 Å². The van der Waals surface area contributed by atoms with E-state index in [-0.39, 0.29) is 0 Å². The van der Waals surface area contributed by atoms with Crippen LogP contribution < -0.4 is 5.32 Å². The molecule has 0 bridgehead atoms. The van der Waals surface area contributed by atoms with Crippen molar-refractivity contribution in [1.82, 2.24) is 20.1 Å². The number of aryl methyl sites for hydroxylation is 1. The average molecular weight is 210 g/mol. The van der Waals surface area contributed by atoms with Gasteiger partial charge in [0.1, 0.15) is 12.2 Å². The minimum atomic E-state index is 0.697. The summed E-state index contributed by atoms with van der Waals surface area (Å²) in [4.78, 5) is 4.22. The molecule has 0 saturated carbocycles. The molecule has 0 spiro atoms. The van der Waals surface area contributed by atoms with Gasteiger partial charge in [-0.2, -0.15) is 5.10 Å². The molecule has 0 aromatic carbocycles. The monoisotopic (exact) mass is 210 g/mol. The first-order valence-electron chi connectivity index (χ1n) is 5.72. The van der Waals surface area contributed by atoms with Gasteiger partial charge in [0.15, 0.2) is 0 Å². The van der Waals surface area contributed by atoms with Gasteiger partial charge >= 0.3 is 0 Å². The van der Waals surface area contributed by atoms with Gasteiger partial charge < -0.3 is 5.32 Å². The molecule has 4 heteroatoms. The van der Waals surface area contributed by atoms with Crippen LogP contribution in [0.2, 0.25) is 0 Å². The Labute approximate surface area is 92.1 Å². The Morgan fingerprint density at radius 2 is 2.13 bits per heavy atom. The van der Waals surface area contributed by atoms with Crippen molar-refractivity contribution in [3.05, 3.63) is 12.2 Å². The van der Waals surface area contributed by atoms with Crippen molar-refractivity contribution in [3.63, 3.8) is 0 Å². The van der Waals surface area contributed by atoms with E-state index >= 15 is 0 Å². The van der Waals surface area contributed by atoms with E-state index in [1.165, 1.54) is 0 Å². The van der Waals surface area contributed by atoms with Gasteiger partial charge in [-0.1, -0.05) is 20.8 Å². The Morgan fingerprint density at radius 1 is 1.40 bits per heavy atom. The highest BCUT2D eigenvalue weighted by atomic mass is 15.3. The van der Waals surface area contributed by atoms with Crippen molar-refractivity contribution < 1.29 is 0 Å². The molecule has 1 atom stereocenters. The largest absolute Gasteiger partial charge is 0.310 e. The van der Waals surface area contributed by atoms with E-state index in [1.54, 1.807) is 6.33 Å². The fourth-order valence-corrected chi connectivity index (χ4v) is 1.34. The van der Waals surface area contributed by atoms with E-state index in [2.05, 4.69) is 43.1 Å². The van der Waals surface area contributed by atoms with E-state index < -0.39 is 0 Å². The van der Waals surface area contributed by atoms with Crippen molar-refractivity contribution in [2.24, 2.45) is 11.8 Å². The Kier molecular flexibility index (Phi) is 4.75. The summed E-state index contributed by atoms with van der Waals surface area (Å²) in [7, 11) is 0. The Hall–Kier alpha value is -0.900. The van der Waals surface area contributed by atoms with Gasteiger partial charge in [0, 0.05) is 6.54 Å². The van der Waals surface area contributed by atoms with Crippen LogP contribution in [0.5, 0.6) is 0 Å². The lowest BCUT2D eigenvalue weighted by Gasteiger charge is -2.15. The summed E-state index contributed by atoms with van der Waals surface area (Å²) in [6.07, 6.45) is 1.62. The Morgan fingerprint density at radius 3 is 2.73 bits per heavy atom. The van der Waals surface area contributed by atoms with Crippen LogP contribution >= 0.6 is 0 Å². The molecule has 1 heterocycles. The molecule has 1 unspecified atom stereocenters. The Balaban J connectivity index is 2.31. The SMILES string of the molecule is CCn1ncnc1CNCC(C)C(C)C. The van der Waals surface area contributed by atoms with Crippen molar-refractivity contribution in [2.45, 2.75) is 40.8 Å². The number of nitrogens with zero attached hydrogens (tertiary/aromatic N) is 3. The van der Waals surface area contributed by atoms with Gasteiger partial charge in [-0.05, 0) is 25.3 Å². The molecule has 1 N–H and O–H groups in total. The van der Waals surface area contributed by atoms with Crippen molar-refractivity contribution in [2.75, 3.05) is 6.54 Å². The summed E-state index contributed by atoms with van der Waals surface area (Å²) < 4.78 is 1.92. The first-order valence-corrected chi connectivity index (χ1v) is 5.72. The zero-order valence-electron chi connectivity index (χ0n) is 10.2. The van der Waals surface area contributed by atoms with Crippen LogP contribution in [0.15, 0.2) is 6.33 Å². The predicted octanol–water partition coefficient (Wildman–Crippen LogP) is 1.68. The Bertz CT molecular complexity index is 280. The minimum absolute atomic E-state index is 0.697. The minimum Gasteiger partial charge on any atom is -0.310 e. The molecule has 86 valence electrons. The molecule has 0 radical (unpaired) electrons. The summed E-state index contributed by atoms with van der Waals surface area (Å²) in [5.74, 6) is 2.44. The lowest BCUT2D eigenvalue weighted by atomic mass is 9.98. The zero-order valence-corrected chi connectivity index (χ0v) is 10.2. The fraction of sp³-hybridized carbons (Fsp3) is 0.818. The second kappa shape index (κ2) is 5.85. The third kappa shape index (κ3) is 3.63. The van der Waals surface area contributed by atoms with Gasteiger partial charge in [0.25, 0.3) is 0 Å². The third-order valence-corrected chi connectivity index (χ3v) is 2.88. The first-order chi connectivity index (χ1) is 7.15. The maximum absolute atomic E-state index is 4.22. The number of hydrogen-bond donors (Lipinski definition) is 1. The second-order valence-electron chi connectivity index (χ2n) is 4.34. The summed E-state index contributed by atoms with van der Waals surface area (Å²) in [6, 6.07) is 0.